The minimum Gasteiger partial charge on any atom is -0.491 e. The molecule has 0 radical (unpaired) electrons. The highest BCUT2D eigenvalue weighted by molar-refractivity contribution is 5.95. The van der Waals surface area contributed by atoms with E-state index in [1.54, 1.807) is 31.4 Å². The van der Waals surface area contributed by atoms with Gasteiger partial charge in [0.1, 0.15) is 18.1 Å². The van der Waals surface area contributed by atoms with E-state index in [-0.39, 0.29) is 6.61 Å². The van der Waals surface area contributed by atoms with Gasteiger partial charge in [0, 0.05) is 12.7 Å². The minimum atomic E-state index is -0.456. The van der Waals surface area contributed by atoms with Crippen LogP contribution in [0.2, 0.25) is 0 Å². The van der Waals surface area contributed by atoms with Gasteiger partial charge < -0.3 is 14.2 Å². The first kappa shape index (κ1) is 20.3. The highest BCUT2D eigenvalue weighted by atomic mass is 16.5. The second-order valence-electron chi connectivity index (χ2n) is 5.93. The van der Waals surface area contributed by atoms with Crippen molar-refractivity contribution < 1.29 is 23.8 Å². The lowest BCUT2D eigenvalue weighted by atomic mass is 10.1. The van der Waals surface area contributed by atoms with E-state index < -0.39 is 11.8 Å². The van der Waals surface area contributed by atoms with Gasteiger partial charge >= 0.3 is 0 Å². The van der Waals surface area contributed by atoms with Crippen LogP contribution in [0, 0.1) is 13.8 Å². The van der Waals surface area contributed by atoms with Gasteiger partial charge in [0.15, 0.2) is 6.61 Å². The molecular formula is C20H24N2O5. The number of ether oxygens (including phenoxy) is 3. The zero-order valence-electron chi connectivity index (χ0n) is 15.7. The number of carbonyl (C=O) groups excluding carboxylic acids is 2. The Morgan fingerprint density at radius 2 is 1.67 bits per heavy atom. The topological polar surface area (TPSA) is 85.9 Å². The fourth-order valence-corrected chi connectivity index (χ4v) is 2.28. The van der Waals surface area contributed by atoms with E-state index in [1.807, 2.05) is 32.0 Å². The highest BCUT2D eigenvalue weighted by Gasteiger charge is 2.09. The normalized spacial score (nSPS) is 10.2. The Balaban J connectivity index is 1.76. The summed E-state index contributed by atoms with van der Waals surface area (Å²) < 4.78 is 15.8. The summed E-state index contributed by atoms with van der Waals surface area (Å²) in [7, 11) is 1.60. The van der Waals surface area contributed by atoms with Gasteiger partial charge in [0.05, 0.1) is 6.61 Å². The quantitative estimate of drug-likeness (QED) is 0.548. The molecule has 0 aliphatic rings. The molecule has 7 nitrogen and oxygen atoms in total. The average Bonchev–Trinajstić information content (AvgIpc) is 2.66. The number of hydrazine groups is 1. The van der Waals surface area contributed by atoms with Crippen molar-refractivity contribution in [2.24, 2.45) is 0 Å². The van der Waals surface area contributed by atoms with Crippen LogP contribution in [-0.2, 0) is 9.53 Å². The fraction of sp³-hybridized carbons (Fsp3) is 0.300. The molecule has 0 aromatic heterocycles. The number of hydrogen-bond acceptors (Lipinski definition) is 5. The van der Waals surface area contributed by atoms with Crippen molar-refractivity contribution in [1.29, 1.82) is 0 Å². The molecule has 2 aromatic rings. The lowest BCUT2D eigenvalue weighted by Crippen LogP contribution is -2.43. The second-order valence-corrected chi connectivity index (χ2v) is 5.93. The molecule has 0 aliphatic carbocycles. The first-order chi connectivity index (χ1) is 13.0. The number of aryl methyl sites for hydroxylation is 2. The Hall–Kier alpha value is -3.06. The van der Waals surface area contributed by atoms with Gasteiger partial charge in [-0.3, -0.25) is 20.4 Å². The van der Waals surface area contributed by atoms with Crippen molar-refractivity contribution >= 4 is 11.8 Å². The van der Waals surface area contributed by atoms with Crippen LogP contribution < -0.4 is 20.3 Å². The summed E-state index contributed by atoms with van der Waals surface area (Å²) in [5.41, 5.74) is 7.13. The van der Waals surface area contributed by atoms with Crippen molar-refractivity contribution in [2.45, 2.75) is 13.8 Å². The number of rotatable bonds is 8. The van der Waals surface area contributed by atoms with Gasteiger partial charge in [-0.1, -0.05) is 17.7 Å². The highest BCUT2D eigenvalue weighted by Crippen LogP contribution is 2.18. The number of benzene rings is 2. The Morgan fingerprint density at radius 1 is 0.926 bits per heavy atom. The van der Waals surface area contributed by atoms with E-state index in [9.17, 15) is 9.59 Å². The fourth-order valence-electron chi connectivity index (χ4n) is 2.28. The summed E-state index contributed by atoms with van der Waals surface area (Å²) in [4.78, 5) is 23.9. The predicted molar refractivity (Wildman–Crippen MR) is 101 cm³/mol. The molecule has 0 saturated carbocycles. The van der Waals surface area contributed by atoms with E-state index >= 15 is 0 Å². The van der Waals surface area contributed by atoms with Crippen LogP contribution in [0.25, 0.3) is 0 Å². The number of carbonyl (C=O) groups is 2. The van der Waals surface area contributed by atoms with Crippen LogP contribution in [0.5, 0.6) is 11.5 Å². The maximum Gasteiger partial charge on any atom is 0.276 e. The molecule has 0 fully saturated rings. The first-order valence-electron chi connectivity index (χ1n) is 8.50. The lowest BCUT2D eigenvalue weighted by Gasteiger charge is -2.11. The largest absolute Gasteiger partial charge is 0.491 e. The molecule has 7 heteroatoms. The predicted octanol–water partition coefficient (Wildman–Crippen LogP) is 2.17. The summed E-state index contributed by atoms with van der Waals surface area (Å²) in [6.45, 7) is 4.61. The summed E-state index contributed by atoms with van der Waals surface area (Å²) in [6, 6.07) is 12.3. The third-order valence-corrected chi connectivity index (χ3v) is 3.68. The van der Waals surface area contributed by atoms with Gasteiger partial charge in [-0.05, 0) is 49.7 Å². The molecule has 0 aliphatic heterocycles. The number of hydrogen-bond donors (Lipinski definition) is 2. The Kier molecular flexibility index (Phi) is 7.63. The van der Waals surface area contributed by atoms with Gasteiger partial charge in [-0.15, -0.1) is 0 Å². The molecule has 144 valence electrons. The zero-order valence-corrected chi connectivity index (χ0v) is 15.7. The molecule has 0 unspecified atom stereocenters. The summed E-state index contributed by atoms with van der Waals surface area (Å²) >= 11 is 0. The molecule has 2 aromatic carbocycles. The molecule has 0 bridgehead atoms. The van der Waals surface area contributed by atoms with E-state index in [0.29, 0.717) is 30.3 Å². The Morgan fingerprint density at radius 3 is 2.33 bits per heavy atom. The summed E-state index contributed by atoms with van der Waals surface area (Å²) in [5, 5.41) is 0. The molecule has 2 rings (SSSR count). The molecular weight excluding hydrogens is 348 g/mol. The molecule has 27 heavy (non-hydrogen) atoms. The van der Waals surface area contributed by atoms with Crippen molar-refractivity contribution in [3.8, 4) is 11.5 Å². The minimum absolute atomic E-state index is 0.198. The van der Waals surface area contributed by atoms with E-state index in [1.165, 1.54) is 0 Å². The standard InChI is InChI=1S/C20H24N2O5/c1-14-4-9-18(15(2)12-14)27-13-19(23)21-22-20(24)16-5-7-17(8-6-16)26-11-10-25-3/h4-9,12H,10-11,13H2,1-3H3,(H,21,23)(H,22,24). The van der Waals surface area contributed by atoms with E-state index in [4.69, 9.17) is 14.2 Å². The second kappa shape index (κ2) is 10.2. The van der Waals surface area contributed by atoms with Crippen LogP contribution in [0.15, 0.2) is 42.5 Å². The zero-order chi connectivity index (χ0) is 19.6. The Bertz CT molecular complexity index is 774. The van der Waals surface area contributed by atoms with E-state index in [2.05, 4.69) is 10.9 Å². The smallest absolute Gasteiger partial charge is 0.276 e. The molecule has 2 amide bonds. The van der Waals surface area contributed by atoms with Crippen LogP contribution >= 0.6 is 0 Å². The van der Waals surface area contributed by atoms with Gasteiger partial charge in [-0.2, -0.15) is 0 Å². The van der Waals surface area contributed by atoms with Crippen LogP contribution in [-0.4, -0.2) is 38.7 Å². The van der Waals surface area contributed by atoms with Crippen molar-refractivity contribution in [3.63, 3.8) is 0 Å². The van der Waals surface area contributed by atoms with Crippen LogP contribution in [0.4, 0.5) is 0 Å². The third kappa shape index (κ3) is 6.63. The molecule has 0 spiro atoms. The average molecular weight is 372 g/mol. The third-order valence-electron chi connectivity index (χ3n) is 3.68. The molecule has 2 N–H and O–H groups in total. The van der Waals surface area contributed by atoms with Gasteiger partial charge in [-0.25, -0.2) is 0 Å². The molecule has 0 atom stereocenters. The maximum absolute atomic E-state index is 12.1. The SMILES string of the molecule is COCCOc1ccc(C(=O)NNC(=O)COc2ccc(C)cc2C)cc1. The van der Waals surface area contributed by atoms with Crippen molar-refractivity contribution in [1.82, 2.24) is 10.9 Å². The van der Waals surface area contributed by atoms with Gasteiger partial charge in [0.25, 0.3) is 11.8 Å². The molecule has 0 heterocycles. The van der Waals surface area contributed by atoms with Gasteiger partial charge in [0.2, 0.25) is 0 Å². The van der Waals surface area contributed by atoms with E-state index in [0.717, 1.165) is 11.1 Å². The Labute approximate surface area is 158 Å². The van der Waals surface area contributed by atoms with Crippen LogP contribution in [0.3, 0.4) is 0 Å². The van der Waals surface area contributed by atoms with Crippen LogP contribution in [0.1, 0.15) is 21.5 Å². The van der Waals surface area contributed by atoms with Crippen molar-refractivity contribution in [2.75, 3.05) is 26.9 Å². The maximum atomic E-state index is 12.1. The molecule has 0 saturated heterocycles. The monoisotopic (exact) mass is 372 g/mol. The number of amides is 2. The summed E-state index contributed by atoms with van der Waals surface area (Å²) in [5.74, 6) is 0.377. The lowest BCUT2D eigenvalue weighted by molar-refractivity contribution is -0.123. The summed E-state index contributed by atoms with van der Waals surface area (Å²) in [6.07, 6.45) is 0. The van der Waals surface area contributed by atoms with Crippen molar-refractivity contribution in [3.05, 3.63) is 59.2 Å². The first-order valence-corrected chi connectivity index (χ1v) is 8.50. The number of nitrogens with one attached hydrogen (secondary N) is 2. The number of methoxy groups -OCH3 is 1.